The average molecular weight is 416 g/mol. The standard InChI is InChI=1S/C21H29N5O2S/c1-5-16-7-9-17(10-8-16)20-26-18(19(22)27)21(29-20)25-15(4)24-14(3)13-23-11-12-28-6-2/h7-10,23H,3,5-6,11-13H2,1-2,4H3,(H2,22,27)(H,24,25). The summed E-state index contributed by atoms with van der Waals surface area (Å²) < 4.78 is 5.28. The van der Waals surface area contributed by atoms with Crippen LogP contribution in [0.25, 0.3) is 10.6 Å². The molecule has 0 aliphatic rings. The first kappa shape index (κ1) is 22.7. The number of carbonyl (C=O) groups excluding carboxylic acids is 1. The number of aromatic nitrogens is 1. The van der Waals surface area contributed by atoms with E-state index in [1.165, 1.54) is 16.9 Å². The molecule has 1 aromatic carbocycles. The first-order valence-electron chi connectivity index (χ1n) is 9.63. The van der Waals surface area contributed by atoms with Gasteiger partial charge in [-0.1, -0.05) is 49.1 Å². The molecule has 0 saturated heterocycles. The van der Waals surface area contributed by atoms with E-state index in [0.717, 1.165) is 24.2 Å². The van der Waals surface area contributed by atoms with Gasteiger partial charge in [0.25, 0.3) is 5.91 Å². The fourth-order valence-electron chi connectivity index (χ4n) is 2.56. The lowest BCUT2D eigenvalue weighted by molar-refractivity contribution is 0.0997. The number of rotatable bonds is 11. The molecule has 1 amide bonds. The summed E-state index contributed by atoms with van der Waals surface area (Å²) in [5, 5.41) is 7.55. The first-order chi connectivity index (χ1) is 13.9. The molecule has 0 atom stereocenters. The lowest BCUT2D eigenvalue weighted by Crippen LogP contribution is -2.29. The number of thiazole rings is 1. The van der Waals surface area contributed by atoms with Gasteiger partial charge in [0.05, 0.1) is 6.61 Å². The minimum absolute atomic E-state index is 0.172. The van der Waals surface area contributed by atoms with Crippen molar-refractivity contribution >= 4 is 28.1 Å². The summed E-state index contributed by atoms with van der Waals surface area (Å²) in [5.74, 6) is 0.0151. The Morgan fingerprint density at radius 2 is 2.03 bits per heavy atom. The molecule has 0 radical (unpaired) electrons. The number of hydrogen-bond acceptors (Lipinski definition) is 6. The van der Waals surface area contributed by atoms with Crippen LogP contribution in [0.4, 0.5) is 5.00 Å². The van der Waals surface area contributed by atoms with Crippen molar-refractivity contribution in [2.24, 2.45) is 10.7 Å². The number of hydrogen-bond donors (Lipinski definition) is 3. The molecular weight excluding hydrogens is 386 g/mol. The SMILES string of the molecule is C=C(CNCCOCC)N/C(C)=N\c1sc(-c2ccc(CC)cc2)nc1C(N)=O. The maximum Gasteiger partial charge on any atom is 0.270 e. The first-order valence-corrected chi connectivity index (χ1v) is 10.4. The van der Waals surface area contributed by atoms with Crippen LogP contribution in [0.15, 0.2) is 41.5 Å². The smallest absolute Gasteiger partial charge is 0.270 e. The van der Waals surface area contributed by atoms with E-state index in [0.29, 0.717) is 35.6 Å². The molecule has 1 aromatic heterocycles. The molecule has 7 nitrogen and oxygen atoms in total. The number of ether oxygens (including phenoxy) is 1. The van der Waals surface area contributed by atoms with Gasteiger partial charge in [-0.05, 0) is 25.8 Å². The van der Waals surface area contributed by atoms with E-state index in [1.54, 1.807) is 0 Å². The van der Waals surface area contributed by atoms with Crippen molar-refractivity contribution in [2.45, 2.75) is 27.2 Å². The Morgan fingerprint density at radius 3 is 2.66 bits per heavy atom. The van der Waals surface area contributed by atoms with Crippen LogP contribution < -0.4 is 16.4 Å². The van der Waals surface area contributed by atoms with E-state index >= 15 is 0 Å². The number of amides is 1. The number of benzene rings is 1. The van der Waals surface area contributed by atoms with Gasteiger partial charge in [0.1, 0.15) is 10.8 Å². The van der Waals surface area contributed by atoms with Crippen molar-refractivity contribution in [3.63, 3.8) is 0 Å². The topological polar surface area (TPSA) is 102 Å². The zero-order valence-corrected chi connectivity index (χ0v) is 18.1. The van der Waals surface area contributed by atoms with Crippen LogP contribution in [0.5, 0.6) is 0 Å². The molecule has 0 bridgehead atoms. The zero-order chi connectivity index (χ0) is 21.2. The van der Waals surface area contributed by atoms with Crippen molar-refractivity contribution in [1.29, 1.82) is 0 Å². The Bertz CT molecular complexity index is 858. The van der Waals surface area contributed by atoms with E-state index in [-0.39, 0.29) is 5.69 Å². The third-order valence-corrected chi connectivity index (χ3v) is 5.04. The van der Waals surface area contributed by atoms with Crippen LogP contribution in [0.1, 0.15) is 36.8 Å². The minimum Gasteiger partial charge on any atom is -0.380 e. The van der Waals surface area contributed by atoms with E-state index in [9.17, 15) is 4.79 Å². The summed E-state index contributed by atoms with van der Waals surface area (Å²) in [6.07, 6.45) is 0.968. The molecule has 2 aromatic rings. The minimum atomic E-state index is -0.597. The Labute approximate surface area is 176 Å². The van der Waals surface area contributed by atoms with Gasteiger partial charge in [0, 0.05) is 31.0 Å². The molecular formula is C21H29N5O2S. The largest absolute Gasteiger partial charge is 0.380 e. The molecule has 0 spiro atoms. The Hall–Kier alpha value is -2.55. The number of nitrogens with two attached hydrogens (primary N) is 1. The highest BCUT2D eigenvalue weighted by Crippen LogP contribution is 2.34. The molecule has 29 heavy (non-hydrogen) atoms. The number of aryl methyl sites for hydroxylation is 1. The third kappa shape index (κ3) is 7.08. The predicted octanol–water partition coefficient (Wildman–Crippen LogP) is 3.25. The Morgan fingerprint density at radius 1 is 1.31 bits per heavy atom. The van der Waals surface area contributed by atoms with Crippen LogP contribution >= 0.6 is 11.3 Å². The number of amidine groups is 1. The van der Waals surface area contributed by atoms with Gasteiger partial charge in [-0.25, -0.2) is 9.98 Å². The normalized spacial score (nSPS) is 11.5. The zero-order valence-electron chi connectivity index (χ0n) is 17.2. The fraction of sp³-hybridized carbons (Fsp3) is 0.381. The molecule has 0 aliphatic heterocycles. The van der Waals surface area contributed by atoms with E-state index < -0.39 is 5.91 Å². The second-order valence-corrected chi connectivity index (χ2v) is 7.36. The summed E-state index contributed by atoms with van der Waals surface area (Å²) in [6, 6.07) is 8.10. The maximum absolute atomic E-state index is 11.8. The van der Waals surface area contributed by atoms with Gasteiger partial charge >= 0.3 is 0 Å². The number of primary amides is 1. The van der Waals surface area contributed by atoms with Crippen molar-refractivity contribution in [1.82, 2.24) is 15.6 Å². The number of nitrogens with one attached hydrogen (secondary N) is 2. The summed E-state index contributed by atoms with van der Waals surface area (Å²) in [5.41, 5.74) is 8.63. The quantitative estimate of drug-likeness (QED) is 0.297. The van der Waals surface area contributed by atoms with E-state index in [2.05, 4.69) is 46.2 Å². The number of aliphatic imine (C=N–C) groups is 1. The van der Waals surface area contributed by atoms with Crippen molar-refractivity contribution in [2.75, 3.05) is 26.3 Å². The summed E-state index contributed by atoms with van der Waals surface area (Å²) in [6.45, 7) is 12.5. The number of nitrogens with zero attached hydrogens (tertiary/aromatic N) is 2. The van der Waals surface area contributed by atoms with Gasteiger partial charge in [0.2, 0.25) is 0 Å². The van der Waals surface area contributed by atoms with Gasteiger partial charge in [-0.15, -0.1) is 0 Å². The van der Waals surface area contributed by atoms with Gasteiger partial charge in [0.15, 0.2) is 10.7 Å². The fourth-order valence-corrected chi connectivity index (χ4v) is 3.56. The van der Waals surface area contributed by atoms with Crippen LogP contribution in [-0.2, 0) is 11.2 Å². The van der Waals surface area contributed by atoms with Gasteiger partial charge < -0.3 is 21.1 Å². The third-order valence-electron chi connectivity index (χ3n) is 4.04. The van der Waals surface area contributed by atoms with E-state index in [4.69, 9.17) is 10.5 Å². The highest BCUT2D eigenvalue weighted by atomic mass is 32.1. The van der Waals surface area contributed by atoms with Gasteiger partial charge in [-0.3, -0.25) is 4.79 Å². The second kappa shape index (κ2) is 11.5. The molecule has 2 rings (SSSR count). The average Bonchev–Trinajstić information content (AvgIpc) is 3.11. The monoisotopic (exact) mass is 415 g/mol. The van der Waals surface area contributed by atoms with E-state index in [1.807, 2.05) is 26.0 Å². The number of carbonyl (C=O) groups is 1. The summed E-state index contributed by atoms with van der Waals surface area (Å²) in [7, 11) is 0. The molecule has 156 valence electrons. The van der Waals surface area contributed by atoms with Crippen LogP contribution in [0.2, 0.25) is 0 Å². The second-order valence-electron chi connectivity index (χ2n) is 6.39. The summed E-state index contributed by atoms with van der Waals surface area (Å²) in [4.78, 5) is 20.7. The van der Waals surface area contributed by atoms with Crippen molar-refractivity contribution in [3.8, 4) is 10.6 Å². The molecule has 8 heteroatoms. The predicted molar refractivity (Wildman–Crippen MR) is 120 cm³/mol. The highest BCUT2D eigenvalue weighted by molar-refractivity contribution is 7.19. The highest BCUT2D eigenvalue weighted by Gasteiger charge is 2.17. The van der Waals surface area contributed by atoms with Crippen LogP contribution in [0, 0.1) is 0 Å². The Kier molecular flexibility index (Phi) is 8.98. The molecule has 0 saturated carbocycles. The van der Waals surface area contributed by atoms with Crippen LogP contribution in [-0.4, -0.2) is 43.0 Å². The van der Waals surface area contributed by atoms with Crippen LogP contribution in [0.3, 0.4) is 0 Å². The maximum atomic E-state index is 11.8. The lowest BCUT2D eigenvalue weighted by Gasteiger charge is -2.10. The van der Waals surface area contributed by atoms with Crippen molar-refractivity contribution < 1.29 is 9.53 Å². The molecule has 0 aliphatic carbocycles. The lowest BCUT2D eigenvalue weighted by atomic mass is 10.1. The molecule has 0 fully saturated rings. The molecule has 0 unspecified atom stereocenters. The van der Waals surface area contributed by atoms with Crippen molar-refractivity contribution in [3.05, 3.63) is 47.8 Å². The van der Waals surface area contributed by atoms with Gasteiger partial charge in [-0.2, -0.15) is 0 Å². The molecule has 1 heterocycles. The molecule has 4 N–H and O–H groups in total. The Balaban J connectivity index is 2.08. The summed E-state index contributed by atoms with van der Waals surface area (Å²) >= 11 is 1.34.